The second-order valence-electron chi connectivity index (χ2n) is 10.7. The van der Waals surface area contributed by atoms with Gasteiger partial charge in [0.1, 0.15) is 5.82 Å². The largest absolute Gasteiger partial charge is 0.416 e. The van der Waals surface area contributed by atoms with Crippen molar-refractivity contribution in [3.63, 3.8) is 0 Å². The highest BCUT2D eigenvalue weighted by Crippen LogP contribution is 2.40. The van der Waals surface area contributed by atoms with Gasteiger partial charge in [-0.1, -0.05) is 47.5 Å². The molecule has 49 heavy (non-hydrogen) atoms. The molecule has 0 N–H and O–H groups in total. The zero-order valence-corrected chi connectivity index (χ0v) is 25.7. The monoisotopic (exact) mass is 714 g/mol. The summed E-state index contributed by atoms with van der Waals surface area (Å²) in [5.41, 5.74) is 0.217. The zero-order chi connectivity index (χ0) is 34.7. The topological polar surface area (TPSA) is 86.2 Å². The lowest BCUT2D eigenvalue weighted by Crippen LogP contribution is -2.11. The fourth-order valence-corrected chi connectivity index (χ4v) is 5.64. The number of halogens is 9. The van der Waals surface area contributed by atoms with Crippen molar-refractivity contribution in [1.29, 1.82) is 0 Å². The van der Waals surface area contributed by atoms with Gasteiger partial charge in [-0.2, -0.15) is 35.4 Å². The highest BCUT2D eigenvalue weighted by atomic mass is 35.5. The van der Waals surface area contributed by atoms with E-state index in [9.17, 15) is 30.7 Å². The summed E-state index contributed by atoms with van der Waals surface area (Å²) in [7, 11) is 0. The first kappa shape index (κ1) is 32.2. The van der Waals surface area contributed by atoms with E-state index in [0.717, 1.165) is 22.0 Å². The summed E-state index contributed by atoms with van der Waals surface area (Å²) in [4.78, 5) is 0. The molecule has 4 aromatic heterocycles. The van der Waals surface area contributed by atoms with E-state index < -0.39 is 23.5 Å². The highest BCUT2D eigenvalue weighted by molar-refractivity contribution is 6.31. The molecule has 0 saturated carbocycles. The molecule has 246 valence electrons. The first-order valence-electron chi connectivity index (χ1n) is 13.9. The molecular formula is C32H15Cl2F7N8. The quantitative estimate of drug-likeness (QED) is 0.166. The van der Waals surface area contributed by atoms with Gasteiger partial charge >= 0.3 is 12.4 Å². The maximum absolute atomic E-state index is 13.5. The van der Waals surface area contributed by atoms with Crippen molar-refractivity contribution in [2.75, 3.05) is 0 Å². The van der Waals surface area contributed by atoms with Gasteiger partial charge in [0, 0.05) is 31.9 Å². The smallest absolute Gasteiger partial charge is 0.207 e. The maximum Gasteiger partial charge on any atom is 0.416 e. The van der Waals surface area contributed by atoms with Crippen LogP contribution < -0.4 is 0 Å². The molecule has 0 fully saturated rings. The standard InChI is InChI=1S/C17H7ClF6N4.C15H8ClFN4/c18-12-2-1-8-5-13(15-25-26-27-28(15)14(8)7-12)9-3-10(16(19,20)21)6-11(4-9)17(22,23)24;16-11-5-4-10-7-13(9-2-1-3-12(17)6-9)15-18-19-20-21(15)14(10)8-11/h1-7H;1-8H. The summed E-state index contributed by atoms with van der Waals surface area (Å²) in [6.07, 6.45) is -9.91. The summed E-state index contributed by atoms with van der Waals surface area (Å²) in [5, 5.41) is 25.2. The second-order valence-corrected chi connectivity index (χ2v) is 11.5. The number of alkyl halides is 6. The van der Waals surface area contributed by atoms with E-state index in [4.69, 9.17) is 23.2 Å². The van der Waals surface area contributed by atoms with Gasteiger partial charge in [-0.15, -0.1) is 10.2 Å². The number of aromatic nitrogens is 8. The average Bonchev–Trinajstić information content (AvgIpc) is 3.75. The Morgan fingerprint density at radius 2 is 1.02 bits per heavy atom. The number of rotatable bonds is 2. The van der Waals surface area contributed by atoms with Gasteiger partial charge < -0.3 is 0 Å². The van der Waals surface area contributed by atoms with E-state index in [1.54, 1.807) is 28.8 Å². The van der Waals surface area contributed by atoms with Gasteiger partial charge in [-0.3, -0.25) is 0 Å². The number of nitrogens with zero attached hydrogens (tertiary/aromatic N) is 8. The fourth-order valence-electron chi connectivity index (χ4n) is 5.31. The van der Waals surface area contributed by atoms with Crippen LogP contribution in [0.3, 0.4) is 0 Å². The zero-order valence-electron chi connectivity index (χ0n) is 24.1. The first-order chi connectivity index (χ1) is 23.3. The summed E-state index contributed by atoms with van der Waals surface area (Å²) in [6.45, 7) is 0. The van der Waals surface area contributed by atoms with Crippen LogP contribution in [0.4, 0.5) is 30.7 Å². The van der Waals surface area contributed by atoms with E-state index in [1.807, 2.05) is 18.2 Å². The van der Waals surface area contributed by atoms with Crippen LogP contribution in [0.5, 0.6) is 0 Å². The molecule has 17 heteroatoms. The van der Waals surface area contributed by atoms with E-state index in [1.165, 1.54) is 34.8 Å². The molecule has 0 radical (unpaired) electrons. The Morgan fingerprint density at radius 3 is 1.49 bits per heavy atom. The summed E-state index contributed by atoms with van der Waals surface area (Å²) < 4.78 is 95.3. The van der Waals surface area contributed by atoms with E-state index in [2.05, 4.69) is 31.1 Å². The predicted molar refractivity (Wildman–Crippen MR) is 167 cm³/mol. The Bertz CT molecular complexity index is 2510. The summed E-state index contributed by atoms with van der Waals surface area (Å²) >= 11 is 12.0. The van der Waals surface area contributed by atoms with Crippen molar-refractivity contribution in [1.82, 2.24) is 40.1 Å². The van der Waals surface area contributed by atoms with Crippen LogP contribution in [0.25, 0.3) is 55.4 Å². The Hall–Kier alpha value is -5.41. The predicted octanol–water partition coefficient (Wildman–Crippen LogP) is 9.37. The van der Waals surface area contributed by atoms with Crippen molar-refractivity contribution in [3.8, 4) is 22.3 Å². The van der Waals surface area contributed by atoms with Crippen molar-refractivity contribution in [2.24, 2.45) is 0 Å². The number of hydrogen-bond acceptors (Lipinski definition) is 6. The lowest BCUT2D eigenvalue weighted by Gasteiger charge is -2.15. The Morgan fingerprint density at radius 1 is 0.531 bits per heavy atom. The van der Waals surface area contributed by atoms with Crippen LogP contribution in [0.1, 0.15) is 11.1 Å². The molecule has 0 saturated heterocycles. The summed E-state index contributed by atoms with van der Waals surface area (Å²) in [5.74, 6) is -0.297. The SMILES string of the molecule is FC(F)(F)c1cc(-c2cc3ccc(Cl)cc3n3nnnc23)cc(C(F)(F)F)c1.Fc1cccc(-c2cc3ccc(Cl)cc3n3nnnc23)c1. The minimum atomic E-state index is -4.96. The molecule has 0 unspecified atom stereocenters. The third-order valence-corrected chi connectivity index (χ3v) is 7.97. The molecule has 4 aromatic carbocycles. The molecule has 8 aromatic rings. The van der Waals surface area contributed by atoms with E-state index >= 15 is 0 Å². The van der Waals surface area contributed by atoms with Crippen LogP contribution in [-0.4, -0.2) is 40.1 Å². The molecule has 0 aliphatic carbocycles. The van der Waals surface area contributed by atoms with Crippen LogP contribution >= 0.6 is 23.2 Å². The van der Waals surface area contributed by atoms with Crippen LogP contribution in [0, 0.1) is 5.82 Å². The van der Waals surface area contributed by atoms with Gasteiger partial charge in [0.05, 0.1) is 22.2 Å². The van der Waals surface area contributed by atoms with E-state index in [-0.39, 0.29) is 28.7 Å². The molecule has 0 bridgehead atoms. The highest BCUT2D eigenvalue weighted by Gasteiger charge is 2.37. The van der Waals surface area contributed by atoms with Crippen LogP contribution in [0.15, 0.2) is 91.0 Å². The van der Waals surface area contributed by atoms with Crippen LogP contribution in [0.2, 0.25) is 10.0 Å². The van der Waals surface area contributed by atoms with Gasteiger partial charge in [0.25, 0.3) is 0 Å². The van der Waals surface area contributed by atoms with Gasteiger partial charge in [0.15, 0.2) is 11.3 Å². The van der Waals surface area contributed by atoms with Crippen molar-refractivity contribution >= 4 is 56.3 Å². The van der Waals surface area contributed by atoms with Crippen molar-refractivity contribution < 1.29 is 30.7 Å². The minimum absolute atomic E-state index is 0.00205. The lowest BCUT2D eigenvalue weighted by atomic mass is 9.98. The van der Waals surface area contributed by atoms with Crippen molar-refractivity contribution in [3.05, 3.63) is 118 Å². The number of benzene rings is 4. The molecular weight excluding hydrogens is 700 g/mol. The molecule has 8 nitrogen and oxygen atoms in total. The first-order valence-corrected chi connectivity index (χ1v) is 14.7. The van der Waals surface area contributed by atoms with Gasteiger partial charge in [-0.25, -0.2) is 4.39 Å². The molecule has 8 rings (SSSR count). The lowest BCUT2D eigenvalue weighted by molar-refractivity contribution is -0.143. The Balaban J connectivity index is 0.000000160. The molecule has 4 heterocycles. The third-order valence-electron chi connectivity index (χ3n) is 7.50. The third kappa shape index (κ3) is 6.18. The van der Waals surface area contributed by atoms with Crippen molar-refractivity contribution in [2.45, 2.75) is 12.4 Å². The number of pyridine rings is 2. The molecule has 0 aliphatic heterocycles. The van der Waals surface area contributed by atoms with Crippen LogP contribution in [-0.2, 0) is 12.4 Å². The maximum atomic E-state index is 13.5. The van der Waals surface area contributed by atoms with E-state index in [0.29, 0.717) is 38.7 Å². The Labute approximate surface area is 279 Å². The molecule has 0 amide bonds. The normalized spacial score (nSPS) is 12.2. The molecule has 0 atom stereocenters. The van der Waals surface area contributed by atoms with Gasteiger partial charge in [-0.05, 0) is 98.7 Å². The molecule has 0 aliphatic rings. The number of fused-ring (bicyclic) bond motifs is 6. The number of tetrazole rings is 2. The number of hydrogen-bond donors (Lipinski definition) is 0. The average molecular weight is 715 g/mol. The Kier molecular flexibility index (Phi) is 7.83. The second kappa shape index (κ2) is 11.9. The molecule has 0 spiro atoms. The summed E-state index contributed by atoms with van der Waals surface area (Å²) in [6, 6.07) is 21.2. The minimum Gasteiger partial charge on any atom is -0.207 e. The van der Waals surface area contributed by atoms with Gasteiger partial charge in [0.2, 0.25) is 0 Å². The fraction of sp³-hybridized carbons (Fsp3) is 0.0625.